The van der Waals surface area contributed by atoms with Gasteiger partial charge >= 0.3 is 6.03 Å². The minimum atomic E-state index is -1.65. The first kappa shape index (κ1) is 30.6. The molecule has 2 N–H and O–H groups in total. The average Bonchev–Trinajstić information content (AvgIpc) is 3.44. The lowest BCUT2D eigenvalue weighted by molar-refractivity contribution is -0.125. The summed E-state index contributed by atoms with van der Waals surface area (Å²) in [6, 6.07) is 5.47. The van der Waals surface area contributed by atoms with Gasteiger partial charge < -0.3 is 29.4 Å². The number of hydrogen-bond donors (Lipinski definition) is 2. The quantitative estimate of drug-likeness (QED) is 0.159. The van der Waals surface area contributed by atoms with E-state index in [9.17, 15) is 9.18 Å². The second-order valence-electron chi connectivity index (χ2n) is 12.0. The number of rotatable bonds is 11. The molecule has 1 saturated heterocycles. The van der Waals surface area contributed by atoms with Crippen molar-refractivity contribution in [1.29, 1.82) is 0 Å². The number of aromatic nitrogens is 4. The number of carbonyl (C=O) groups excluding carboxylic acids is 1. The average molecular weight is 617 g/mol. The summed E-state index contributed by atoms with van der Waals surface area (Å²) < 4.78 is 64.7. The van der Waals surface area contributed by atoms with E-state index in [4.69, 9.17) is 14.2 Å². The molecule has 3 aromatic heterocycles. The molecule has 0 aliphatic carbocycles. The molecule has 0 radical (unpaired) electrons. The van der Waals surface area contributed by atoms with E-state index >= 15 is 8.78 Å². The zero-order chi connectivity index (χ0) is 30.9. The lowest BCUT2D eigenvalue weighted by atomic mass is 10.1. The van der Waals surface area contributed by atoms with Gasteiger partial charge in [-0.05, 0) is 25.1 Å². The van der Waals surface area contributed by atoms with Gasteiger partial charge in [-0.25, -0.2) is 22.9 Å². The van der Waals surface area contributed by atoms with Gasteiger partial charge in [0.15, 0.2) is 23.1 Å². The number of aryl methyl sites for hydroxylation is 2. The van der Waals surface area contributed by atoms with Crippen molar-refractivity contribution < 1.29 is 32.2 Å². The Kier molecular flexibility index (Phi) is 8.54. The van der Waals surface area contributed by atoms with E-state index in [0.29, 0.717) is 23.2 Å². The maximum atomic E-state index is 15.2. The van der Waals surface area contributed by atoms with E-state index in [1.54, 1.807) is 4.68 Å². The summed E-state index contributed by atoms with van der Waals surface area (Å²) in [5, 5.41) is 9.63. The van der Waals surface area contributed by atoms with E-state index in [-0.39, 0.29) is 37.9 Å². The summed E-state index contributed by atoms with van der Waals surface area (Å²) in [6.07, 6.45) is 3.36. The smallest absolute Gasteiger partial charge is 0.319 e. The monoisotopic (exact) mass is 616 g/mol. The second-order valence-corrected chi connectivity index (χ2v) is 17.6. The SMILES string of the molecule is Cc1cc(-c2cn(COCC[Si](C)(C)C)c3nccc(Oc4c(F)cc(NC(=O)NCC5(F)COC5)cc4F)c23)n(C)n1. The van der Waals surface area contributed by atoms with Crippen LogP contribution in [0.15, 0.2) is 36.7 Å². The summed E-state index contributed by atoms with van der Waals surface area (Å²) in [7, 11) is 0.519. The maximum Gasteiger partial charge on any atom is 0.319 e. The Balaban J connectivity index is 1.42. The van der Waals surface area contributed by atoms with Crippen molar-refractivity contribution in [2.45, 2.75) is 45.0 Å². The molecule has 14 heteroatoms. The topological polar surface area (TPSA) is 104 Å². The number of hydrogen-bond acceptors (Lipinski definition) is 6. The predicted molar refractivity (Wildman–Crippen MR) is 159 cm³/mol. The number of benzene rings is 1. The first-order valence-electron chi connectivity index (χ1n) is 13.9. The molecule has 2 amide bonds. The van der Waals surface area contributed by atoms with Gasteiger partial charge in [0.1, 0.15) is 18.1 Å². The van der Waals surface area contributed by atoms with Crippen LogP contribution in [0.2, 0.25) is 25.7 Å². The fraction of sp³-hybridized carbons (Fsp3) is 0.414. The highest BCUT2D eigenvalue weighted by molar-refractivity contribution is 6.76. The van der Waals surface area contributed by atoms with Gasteiger partial charge in [0, 0.05) is 57.5 Å². The van der Waals surface area contributed by atoms with Crippen molar-refractivity contribution in [3.8, 4) is 22.8 Å². The minimum Gasteiger partial charge on any atom is -0.450 e. The number of nitrogens with one attached hydrogen (secondary N) is 2. The van der Waals surface area contributed by atoms with Crippen molar-refractivity contribution in [2.24, 2.45) is 7.05 Å². The van der Waals surface area contributed by atoms with E-state index in [0.717, 1.165) is 29.6 Å². The Hall–Kier alpha value is -3.88. The van der Waals surface area contributed by atoms with Crippen LogP contribution in [0, 0.1) is 18.6 Å². The number of amides is 2. The second kappa shape index (κ2) is 12.0. The number of halogens is 3. The van der Waals surface area contributed by atoms with Gasteiger partial charge in [0.25, 0.3) is 0 Å². The molecular formula is C29H35F3N6O4Si. The molecule has 0 spiro atoms. The van der Waals surface area contributed by atoms with Crippen molar-refractivity contribution in [3.63, 3.8) is 0 Å². The van der Waals surface area contributed by atoms with Crippen molar-refractivity contribution in [1.82, 2.24) is 24.6 Å². The summed E-state index contributed by atoms with van der Waals surface area (Å²) >= 11 is 0. The van der Waals surface area contributed by atoms with E-state index in [1.807, 2.05) is 30.8 Å². The fourth-order valence-corrected chi connectivity index (χ4v) is 5.40. The Labute approximate surface area is 248 Å². The highest BCUT2D eigenvalue weighted by atomic mass is 28.3. The molecule has 1 aliphatic rings. The van der Waals surface area contributed by atoms with Crippen LogP contribution in [0.3, 0.4) is 0 Å². The van der Waals surface area contributed by atoms with Crippen LogP contribution >= 0.6 is 0 Å². The molecule has 0 unspecified atom stereocenters. The fourth-order valence-electron chi connectivity index (χ4n) is 4.65. The van der Waals surface area contributed by atoms with Gasteiger partial charge in [-0.15, -0.1) is 0 Å². The summed E-state index contributed by atoms with van der Waals surface area (Å²) in [6.45, 7) is 9.00. The predicted octanol–water partition coefficient (Wildman–Crippen LogP) is 5.99. The first-order valence-corrected chi connectivity index (χ1v) is 17.6. The molecule has 0 saturated carbocycles. The summed E-state index contributed by atoms with van der Waals surface area (Å²) in [4.78, 5) is 16.7. The van der Waals surface area contributed by atoms with E-state index < -0.39 is 37.2 Å². The Morgan fingerprint density at radius 1 is 1.19 bits per heavy atom. The van der Waals surface area contributed by atoms with Gasteiger partial charge in [0.05, 0.1) is 36.5 Å². The molecule has 4 aromatic rings. The molecule has 1 aromatic carbocycles. The highest BCUT2D eigenvalue weighted by Crippen LogP contribution is 2.40. The number of ether oxygens (including phenoxy) is 3. The maximum absolute atomic E-state index is 15.2. The van der Waals surface area contributed by atoms with Crippen LogP contribution in [0.1, 0.15) is 5.69 Å². The first-order chi connectivity index (χ1) is 20.3. The molecule has 10 nitrogen and oxygen atoms in total. The third kappa shape index (κ3) is 7.03. The van der Waals surface area contributed by atoms with Gasteiger partial charge in [-0.3, -0.25) is 4.68 Å². The number of urea groups is 1. The van der Waals surface area contributed by atoms with Crippen LogP contribution in [0.4, 0.5) is 23.7 Å². The molecule has 5 rings (SSSR count). The van der Waals surface area contributed by atoms with Crippen LogP contribution < -0.4 is 15.4 Å². The highest BCUT2D eigenvalue weighted by Gasteiger charge is 2.39. The largest absolute Gasteiger partial charge is 0.450 e. The van der Waals surface area contributed by atoms with Gasteiger partial charge in [0.2, 0.25) is 0 Å². The lowest BCUT2D eigenvalue weighted by Crippen LogP contribution is -2.54. The molecule has 1 aliphatic heterocycles. The zero-order valence-electron chi connectivity index (χ0n) is 24.8. The minimum absolute atomic E-state index is 0.123. The van der Waals surface area contributed by atoms with E-state index in [1.165, 1.54) is 12.3 Å². The Morgan fingerprint density at radius 3 is 2.51 bits per heavy atom. The molecule has 0 bridgehead atoms. The molecule has 230 valence electrons. The number of alkyl halides is 1. The number of pyridine rings is 1. The Morgan fingerprint density at radius 2 is 1.91 bits per heavy atom. The summed E-state index contributed by atoms with van der Waals surface area (Å²) in [5.74, 6) is -2.56. The standard InChI is InChI=1S/C29H35F3N6O4Si/c1-18-10-23(37(2)36-18)20-13-38(17-40-8-9-43(3,4)5)27-25(20)24(6-7-33-27)42-26-21(30)11-19(12-22(26)31)35-28(39)34-14-29(32)15-41-16-29/h6-7,10-13H,8-9,14-17H2,1-5H3,(H2,34,35,39). The lowest BCUT2D eigenvalue weighted by Gasteiger charge is -2.33. The normalized spacial score (nSPS) is 14.5. The molecular weight excluding hydrogens is 581 g/mol. The summed E-state index contributed by atoms with van der Waals surface area (Å²) in [5.41, 5.74) is 0.961. The molecule has 1 fully saturated rings. The third-order valence-corrected chi connectivity index (χ3v) is 8.68. The number of nitrogens with zero attached hydrogens (tertiary/aromatic N) is 4. The molecule has 0 atom stereocenters. The van der Waals surface area contributed by atoms with Crippen molar-refractivity contribution >= 4 is 30.8 Å². The number of fused-ring (bicyclic) bond motifs is 1. The van der Waals surface area contributed by atoms with Crippen LogP contribution in [0.25, 0.3) is 22.3 Å². The Bertz CT molecular complexity index is 1620. The van der Waals surface area contributed by atoms with Crippen molar-refractivity contribution in [2.75, 3.05) is 31.7 Å². The molecule has 4 heterocycles. The van der Waals surface area contributed by atoms with Crippen LogP contribution in [-0.2, 0) is 23.3 Å². The third-order valence-electron chi connectivity index (χ3n) is 6.98. The molecule has 43 heavy (non-hydrogen) atoms. The van der Waals surface area contributed by atoms with Crippen LogP contribution in [0.5, 0.6) is 11.5 Å². The van der Waals surface area contributed by atoms with E-state index in [2.05, 4.69) is 40.4 Å². The number of anilines is 1. The van der Waals surface area contributed by atoms with Crippen LogP contribution in [-0.4, -0.2) is 65.5 Å². The number of carbonyl (C=O) groups is 1. The van der Waals surface area contributed by atoms with Crippen molar-refractivity contribution in [3.05, 3.63) is 54.0 Å². The van der Waals surface area contributed by atoms with Gasteiger partial charge in [-0.1, -0.05) is 19.6 Å². The van der Waals surface area contributed by atoms with Gasteiger partial charge in [-0.2, -0.15) is 5.10 Å². The zero-order valence-corrected chi connectivity index (χ0v) is 25.8.